The van der Waals surface area contributed by atoms with E-state index in [2.05, 4.69) is 9.80 Å². The highest BCUT2D eigenvalue weighted by Crippen LogP contribution is 2.42. The van der Waals surface area contributed by atoms with E-state index in [9.17, 15) is 9.59 Å². The summed E-state index contributed by atoms with van der Waals surface area (Å²) >= 11 is 0. The molecular formula is C20H28N2O3. The molecule has 0 N–H and O–H groups in total. The van der Waals surface area contributed by atoms with E-state index < -0.39 is 0 Å². The third kappa shape index (κ3) is 3.32. The van der Waals surface area contributed by atoms with Gasteiger partial charge >= 0.3 is 0 Å². The van der Waals surface area contributed by atoms with Gasteiger partial charge in [0, 0.05) is 49.9 Å². The first-order chi connectivity index (χ1) is 12.2. The minimum Gasteiger partial charge on any atom is -0.373 e. The molecule has 4 heterocycles. The largest absolute Gasteiger partial charge is 0.373 e. The number of fused-ring (bicyclic) bond motifs is 6. The second-order valence-electron chi connectivity index (χ2n) is 8.01. The molecule has 5 atom stereocenters. The van der Waals surface area contributed by atoms with Gasteiger partial charge in [-0.25, -0.2) is 0 Å². The number of hydrogen-bond acceptors (Lipinski definition) is 5. The molecule has 3 fully saturated rings. The quantitative estimate of drug-likeness (QED) is 0.575. The smallest absolute Gasteiger partial charge is 0.159 e. The van der Waals surface area contributed by atoms with Crippen LogP contribution in [0.5, 0.6) is 0 Å². The number of piperidine rings is 3. The molecule has 25 heavy (non-hydrogen) atoms. The summed E-state index contributed by atoms with van der Waals surface area (Å²) in [6.07, 6.45) is 10.8. The summed E-state index contributed by atoms with van der Waals surface area (Å²) < 4.78 is 6.04. The van der Waals surface area contributed by atoms with Crippen LogP contribution in [0.15, 0.2) is 23.9 Å². The predicted octanol–water partition coefficient (Wildman–Crippen LogP) is 1.79. The lowest BCUT2D eigenvalue weighted by atomic mass is 9.71. The van der Waals surface area contributed by atoms with E-state index in [1.807, 2.05) is 19.2 Å². The topological polar surface area (TPSA) is 49.9 Å². The first-order valence-electron chi connectivity index (χ1n) is 9.60. The maximum absolute atomic E-state index is 11.8. The van der Waals surface area contributed by atoms with Crippen LogP contribution < -0.4 is 0 Å². The first-order valence-corrected chi connectivity index (χ1v) is 9.60. The zero-order chi connectivity index (χ0) is 17.4. The van der Waals surface area contributed by atoms with E-state index in [0.29, 0.717) is 36.9 Å². The molecule has 136 valence electrons. The van der Waals surface area contributed by atoms with Crippen molar-refractivity contribution in [3.63, 3.8) is 0 Å². The summed E-state index contributed by atoms with van der Waals surface area (Å²) in [6.45, 7) is 5.57. The number of rotatable bonds is 4. The van der Waals surface area contributed by atoms with Gasteiger partial charge in [-0.2, -0.15) is 0 Å². The van der Waals surface area contributed by atoms with E-state index >= 15 is 0 Å². The Morgan fingerprint density at radius 1 is 1.28 bits per heavy atom. The highest BCUT2D eigenvalue weighted by molar-refractivity contribution is 5.90. The lowest BCUT2D eigenvalue weighted by Crippen LogP contribution is -2.63. The number of carbonyl (C=O) groups is 2. The van der Waals surface area contributed by atoms with Crippen LogP contribution in [0.25, 0.3) is 0 Å². The third-order valence-electron chi connectivity index (χ3n) is 6.62. The van der Waals surface area contributed by atoms with Crippen LogP contribution in [-0.4, -0.2) is 66.3 Å². The Balaban J connectivity index is 1.41. The number of ketones is 1. The van der Waals surface area contributed by atoms with Crippen LogP contribution in [0.1, 0.15) is 32.6 Å². The molecule has 0 radical (unpaired) electrons. The van der Waals surface area contributed by atoms with Gasteiger partial charge in [-0.1, -0.05) is 6.08 Å². The van der Waals surface area contributed by atoms with Crippen molar-refractivity contribution in [1.82, 2.24) is 9.80 Å². The molecule has 0 aromatic heterocycles. The molecule has 0 amide bonds. The van der Waals surface area contributed by atoms with E-state index in [0.717, 1.165) is 44.3 Å². The highest BCUT2D eigenvalue weighted by Gasteiger charge is 2.47. The van der Waals surface area contributed by atoms with E-state index in [1.165, 1.54) is 6.42 Å². The molecule has 4 rings (SSSR count). The Morgan fingerprint density at radius 3 is 2.92 bits per heavy atom. The number of carbonyl (C=O) groups excluding carboxylic acids is 2. The Hall–Kier alpha value is -1.46. The minimum absolute atomic E-state index is 0.254. The van der Waals surface area contributed by atoms with Crippen LogP contribution >= 0.6 is 0 Å². The van der Waals surface area contributed by atoms with Crippen molar-refractivity contribution >= 4 is 12.1 Å². The van der Waals surface area contributed by atoms with Crippen molar-refractivity contribution in [1.29, 1.82) is 0 Å². The molecule has 0 unspecified atom stereocenters. The van der Waals surface area contributed by atoms with Gasteiger partial charge in [0.25, 0.3) is 0 Å². The van der Waals surface area contributed by atoms with Crippen molar-refractivity contribution in [3.8, 4) is 0 Å². The number of allylic oxidation sites excluding steroid dienone is 2. The molecular weight excluding hydrogens is 316 g/mol. The van der Waals surface area contributed by atoms with Crippen molar-refractivity contribution in [3.05, 3.63) is 23.9 Å². The molecule has 5 nitrogen and oxygen atoms in total. The van der Waals surface area contributed by atoms with Gasteiger partial charge in [0.05, 0.1) is 12.7 Å². The molecule has 0 aromatic carbocycles. The molecule has 0 aromatic rings. The van der Waals surface area contributed by atoms with Gasteiger partial charge in [0.1, 0.15) is 6.29 Å². The van der Waals surface area contributed by atoms with Gasteiger partial charge in [0.2, 0.25) is 0 Å². The van der Waals surface area contributed by atoms with Gasteiger partial charge in [-0.15, -0.1) is 0 Å². The second kappa shape index (κ2) is 7.04. The number of nitrogens with zero attached hydrogens (tertiary/aromatic N) is 2. The van der Waals surface area contributed by atoms with Crippen molar-refractivity contribution in [2.75, 3.05) is 26.2 Å². The first kappa shape index (κ1) is 17.0. The molecule has 4 aliphatic heterocycles. The Kier molecular flexibility index (Phi) is 4.78. The lowest BCUT2D eigenvalue weighted by Gasteiger charge is -2.57. The zero-order valence-corrected chi connectivity index (χ0v) is 15.0. The van der Waals surface area contributed by atoms with Crippen molar-refractivity contribution in [2.24, 2.45) is 11.8 Å². The second-order valence-corrected chi connectivity index (χ2v) is 8.01. The van der Waals surface area contributed by atoms with Crippen LogP contribution in [0.4, 0.5) is 0 Å². The van der Waals surface area contributed by atoms with Gasteiger partial charge in [0.15, 0.2) is 5.78 Å². The summed E-state index contributed by atoms with van der Waals surface area (Å²) in [5, 5.41) is 0. The summed E-state index contributed by atoms with van der Waals surface area (Å²) in [5.74, 6) is 1.56. The normalized spacial score (nSPS) is 38.3. The molecule has 3 saturated heterocycles. The molecule has 0 saturated carbocycles. The Morgan fingerprint density at radius 2 is 2.12 bits per heavy atom. The average Bonchev–Trinajstić information content (AvgIpc) is 2.63. The van der Waals surface area contributed by atoms with Crippen LogP contribution in [0.2, 0.25) is 0 Å². The molecule has 0 spiro atoms. The van der Waals surface area contributed by atoms with Gasteiger partial charge in [-0.05, 0) is 44.1 Å². The highest BCUT2D eigenvalue weighted by atomic mass is 16.5. The fraction of sp³-hybridized carbons (Fsp3) is 0.700. The summed E-state index contributed by atoms with van der Waals surface area (Å²) in [5.41, 5.74) is 0.731. The van der Waals surface area contributed by atoms with Crippen molar-refractivity contribution < 1.29 is 14.3 Å². The Bertz CT molecular complexity index is 600. The zero-order valence-electron chi connectivity index (χ0n) is 15.0. The maximum Gasteiger partial charge on any atom is 0.159 e. The van der Waals surface area contributed by atoms with Crippen LogP contribution in [0, 0.1) is 11.8 Å². The van der Waals surface area contributed by atoms with Crippen molar-refractivity contribution in [2.45, 2.75) is 50.8 Å². The SMILES string of the molecule is C/C=C(/C=O)CO[C@H]1CCN2C[C@@H]3C[C@@H](CN4C=CC(=O)C[C@H]34)[C@@H]2C1. The van der Waals surface area contributed by atoms with E-state index in [1.54, 1.807) is 6.08 Å². The minimum atomic E-state index is 0.254. The maximum atomic E-state index is 11.8. The van der Waals surface area contributed by atoms with Gasteiger partial charge < -0.3 is 9.64 Å². The number of aldehydes is 1. The fourth-order valence-electron chi connectivity index (χ4n) is 5.26. The third-order valence-corrected chi connectivity index (χ3v) is 6.62. The molecule has 4 aliphatic rings. The monoisotopic (exact) mass is 344 g/mol. The fourth-order valence-corrected chi connectivity index (χ4v) is 5.26. The molecule has 0 aliphatic carbocycles. The predicted molar refractivity (Wildman–Crippen MR) is 95.0 cm³/mol. The number of ether oxygens (including phenoxy) is 1. The number of hydrogen-bond donors (Lipinski definition) is 0. The van der Waals surface area contributed by atoms with Crippen LogP contribution in [0.3, 0.4) is 0 Å². The molecule has 5 heteroatoms. The molecule has 2 bridgehead atoms. The van der Waals surface area contributed by atoms with Crippen LogP contribution in [-0.2, 0) is 14.3 Å². The summed E-state index contributed by atoms with van der Waals surface area (Å²) in [6, 6.07) is 0.987. The standard InChI is InChI=1S/C20H28N2O3/c1-2-14(12-23)13-25-18-4-6-22-10-15-7-16(20(22)9-18)11-21-5-3-17(24)8-19(15)21/h2-3,5,12,15-16,18-20H,4,6-11,13H2,1H3/b14-2-/t15-,16-,18-,19+,20-/m0/s1. The lowest BCUT2D eigenvalue weighted by molar-refractivity contribution is -0.121. The average molecular weight is 344 g/mol. The van der Waals surface area contributed by atoms with Gasteiger partial charge in [-0.3, -0.25) is 14.5 Å². The Labute approximate surface area is 149 Å². The van der Waals surface area contributed by atoms with E-state index in [-0.39, 0.29) is 11.9 Å². The summed E-state index contributed by atoms with van der Waals surface area (Å²) in [4.78, 5) is 27.8. The summed E-state index contributed by atoms with van der Waals surface area (Å²) in [7, 11) is 0. The van der Waals surface area contributed by atoms with E-state index in [4.69, 9.17) is 4.74 Å².